The lowest BCUT2D eigenvalue weighted by Crippen LogP contribution is -2.36. The number of nitrogens with zero attached hydrogens (tertiary/aromatic N) is 1. The lowest BCUT2D eigenvalue weighted by molar-refractivity contribution is -0.137. The third-order valence-corrected chi connectivity index (χ3v) is 4.36. The van der Waals surface area contributed by atoms with Crippen LogP contribution < -0.4 is 5.32 Å². The molecule has 6 heteroatoms. The van der Waals surface area contributed by atoms with E-state index in [-0.39, 0.29) is 5.91 Å². The normalized spacial score (nSPS) is 14.1. The zero-order valence-electron chi connectivity index (χ0n) is 13.6. The first-order valence-electron chi connectivity index (χ1n) is 8.19. The molecule has 1 amide bonds. The molecule has 3 rings (SSSR count). The van der Waals surface area contributed by atoms with E-state index in [1.54, 1.807) is 0 Å². The number of benzene rings is 2. The number of carbonyl (C=O) groups is 1. The molecule has 3 nitrogen and oxygen atoms in total. The average Bonchev–Trinajstić information content (AvgIpc) is 2.61. The quantitative estimate of drug-likeness (QED) is 0.902. The second-order valence-electron chi connectivity index (χ2n) is 6.09. The van der Waals surface area contributed by atoms with E-state index < -0.39 is 11.7 Å². The summed E-state index contributed by atoms with van der Waals surface area (Å²) < 4.78 is 37.6. The Labute approximate surface area is 144 Å². The fraction of sp³-hybridized carbons (Fsp3) is 0.316. The molecule has 1 aliphatic heterocycles. The van der Waals surface area contributed by atoms with Crippen molar-refractivity contribution < 1.29 is 18.0 Å². The van der Waals surface area contributed by atoms with Crippen LogP contribution in [0.5, 0.6) is 0 Å². The molecule has 0 aromatic heterocycles. The van der Waals surface area contributed by atoms with Crippen molar-refractivity contribution in [2.24, 2.45) is 0 Å². The Balaban J connectivity index is 1.48. The van der Waals surface area contributed by atoms with Gasteiger partial charge in [-0.25, -0.2) is 0 Å². The van der Waals surface area contributed by atoms with Gasteiger partial charge >= 0.3 is 6.18 Å². The Morgan fingerprint density at radius 1 is 1.04 bits per heavy atom. The number of rotatable bonds is 4. The molecule has 0 saturated carbocycles. The van der Waals surface area contributed by atoms with Gasteiger partial charge in [-0.1, -0.05) is 24.3 Å². The van der Waals surface area contributed by atoms with Crippen LogP contribution in [-0.2, 0) is 23.9 Å². The highest BCUT2D eigenvalue weighted by atomic mass is 19.4. The molecule has 132 valence electrons. The van der Waals surface area contributed by atoms with Gasteiger partial charge in [-0.2, -0.15) is 13.2 Å². The first kappa shape index (κ1) is 17.3. The van der Waals surface area contributed by atoms with E-state index in [2.05, 4.69) is 11.4 Å². The van der Waals surface area contributed by atoms with E-state index in [0.29, 0.717) is 31.7 Å². The molecule has 0 radical (unpaired) electrons. The SMILES string of the molecule is O=C(CCNc1ccc(C(F)(F)F)cc1)N1CCc2ccccc2C1. The predicted molar refractivity (Wildman–Crippen MR) is 90.1 cm³/mol. The minimum atomic E-state index is -4.33. The molecule has 0 spiro atoms. The molecule has 0 atom stereocenters. The van der Waals surface area contributed by atoms with E-state index in [4.69, 9.17) is 0 Å². The van der Waals surface area contributed by atoms with Crippen LogP contribution in [0.4, 0.5) is 18.9 Å². The number of alkyl halides is 3. The zero-order chi connectivity index (χ0) is 17.9. The van der Waals surface area contributed by atoms with Crippen LogP contribution in [0, 0.1) is 0 Å². The highest BCUT2D eigenvalue weighted by Gasteiger charge is 2.29. The molecule has 1 aliphatic rings. The highest BCUT2D eigenvalue weighted by Crippen LogP contribution is 2.29. The van der Waals surface area contributed by atoms with Gasteiger partial charge in [-0.3, -0.25) is 4.79 Å². The van der Waals surface area contributed by atoms with Gasteiger partial charge in [-0.15, -0.1) is 0 Å². The maximum Gasteiger partial charge on any atom is 0.416 e. The summed E-state index contributed by atoms with van der Waals surface area (Å²) in [6.45, 7) is 1.72. The minimum Gasteiger partial charge on any atom is -0.385 e. The van der Waals surface area contributed by atoms with Crippen molar-refractivity contribution >= 4 is 11.6 Å². The van der Waals surface area contributed by atoms with E-state index in [1.807, 2.05) is 23.1 Å². The van der Waals surface area contributed by atoms with E-state index in [1.165, 1.54) is 23.3 Å². The molecular formula is C19H19F3N2O. The molecule has 0 saturated heterocycles. The maximum absolute atomic E-state index is 12.5. The number of anilines is 1. The van der Waals surface area contributed by atoms with E-state index in [9.17, 15) is 18.0 Å². The van der Waals surface area contributed by atoms with Crippen molar-refractivity contribution in [2.75, 3.05) is 18.4 Å². The summed E-state index contributed by atoms with van der Waals surface area (Å²) >= 11 is 0. The molecule has 25 heavy (non-hydrogen) atoms. The van der Waals surface area contributed by atoms with Gasteiger partial charge in [0, 0.05) is 31.7 Å². The summed E-state index contributed by atoms with van der Waals surface area (Å²) in [5.41, 5.74) is 2.36. The first-order valence-corrected chi connectivity index (χ1v) is 8.19. The summed E-state index contributed by atoms with van der Waals surface area (Å²) in [5, 5.41) is 3.00. The number of fused-ring (bicyclic) bond motifs is 1. The largest absolute Gasteiger partial charge is 0.416 e. The van der Waals surface area contributed by atoms with Crippen molar-refractivity contribution in [3.05, 3.63) is 65.2 Å². The number of hydrogen-bond donors (Lipinski definition) is 1. The van der Waals surface area contributed by atoms with Crippen LogP contribution in [0.2, 0.25) is 0 Å². The second-order valence-corrected chi connectivity index (χ2v) is 6.09. The van der Waals surface area contributed by atoms with Crippen molar-refractivity contribution in [1.29, 1.82) is 0 Å². The first-order chi connectivity index (χ1) is 11.9. The molecule has 2 aromatic rings. The van der Waals surface area contributed by atoms with Crippen molar-refractivity contribution in [3.8, 4) is 0 Å². The number of carbonyl (C=O) groups excluding carboxylic acids is 1. The standard InChI is InChI=1S/C19H19F3N2O/c20-19(21,22)16-5-7-17(8-6-16)23-11-9-18(25)24-12-10-14-3-1-2-4-15(14)13-24/h1-8,23H,9-13H2. The fourth-order valence-corrected chi connectivity index (χ4v) is 2.96. The van der Waals surface area contributed by atoms with Gasteiger partial charge in [0.25, 0.3) is 0 Å². The summed E-state index contributed by atoms with van der Waals surface area (Å²) in [7, 11) is 0. The molecule has 1 heterocycles. The van der Waals surface area contributed by atoms with Gasteiger partial charge < -0.3 is 10.2 Å². The summed E-state index contributed by atoms with van der Waals surface area (Å²) in [6.07, 6.45) is -3.17. The third kappa shape index (κ3) is 4.32. The Hall–Kier alpha value is -2.50. The van der Waals surface area contributed by atoms with Crippen molar-refractivity contribution in [3.63, 3.8) is 0 Å². The summed E-state index contributed by atoms with van der Waals surface area (Å²) in [5.74, 6) is 0.0499. The highest BCUT2D eigenvalue weighted by molar-refractivity contribution is 5.77. The third-order valence-electron chi connectivity index (χ3n) is 4.36. The Bertz CT molecular complexity index is 741. The van der Waals surface area contributed by atoms with Crippen molar-refractivity contribution in [1.82, 2.24) is 4.90 Å². The minimum absolute atomic E-state index is 0.0499. The molecule has 0 unspecified atom stereocenters. The van der Waals surface area contributed by atoms with Crippen LogP contribution in [0.1, 0.15) is 23.1 Å². The molecule has 0 bridgehead atoms. The number of nitrogens with one attached hydrogen (secondary N) is 1. The van der Waals surface area contributed by atoms with Crippen LogP contribution in [0.25, 0.3) is 0 Å². The monoisotopic (exact) mass is 348 g/mol. The van der Waals surface area contributed by atoms with E-state index in [0.717, 1.165) is 18.6 Å². The smallest absolute Gasteiger partial charge is 0.385 e. The van der Waals surface area contributed by atoms with Crippen LogP contribution in [0.15, 0.2) is 48.5 Å². The number of hydrogen-bond acceptors (Lipinski definition) is 2. The van der Waals surface area contributed by atoms with Gasteiger partial charge in [0.05, 0.1) is 5.56 Å². The van der Waals surface area contributed by atoms with Gasteiger partial charge in [0.1, 0.15) is 0 Å². The molecular weight excluding hydrogens is 329 g/mol. The maximum atomic E-state index is 12.5. The molecule has 2 aromatic carbocycles. The topological polar surface area (TPSA) is 32.3 Å². The van der Waals surface area contributed by atoms with E-state index >= 15 is 0 Å². The average molecular weight is 348 g/mol. The Morgan fingerprint density at radius 3 is 2.40 bits per heavy atom. The Morgan fingerprint density at radius 2 is 1.72 bits per heavy atom. The summed E-state index contributed by atoms with van der Waals surface area (Å²) in [4.78, 5) is 14.2. The predicted octanol–water partition coefficient (Wildman–Crippen LogP) is 4.09. The van der Waals surface area contributed by atoms with Crippen LogP contribution >= 0.6 is 0 Å². The molecule has 0 fully saturated rings. The fourth-order valence-electron chi connectivity index (χ4n) is 2.96. The van der Waals surface area contributed by atoms with Crippen molar-refractivity contribution in [2.45, 2.75) is 25.6 Å². The molecule has 0 aliphatic carbocycles. The van der Waals surface area contributed by atoms with Crippen LogP contribution in [-0.4, -0.2) is 23.9 Å². The number of halogens is 3. The van der Waals surface area contributed by atoms with Gasteiger partial charge in [-0.05, 0) is 41.8 Å². The summed E-state index contributed by atoms with van der Waals surface area (Å²) in [6, 6.07) is 12.9. The van der Waals surface area contributed by atoms with Gasteiger partial charge in [0.15, 0.2) is 0 Å². The zero-order valence-corrected chi connectivity index (χ0v) is 13.6. The second kappa shape index (κ2) is 7.17. The Kier molecular flexibility index (Phi) is 4.97. The lowest BCUT2D eigenvalue weighted by Gasteiger charge is -2.29. The van der Waals surface area contributed by atoms with Crippen LogP contribution in [0.3, 0.4) is 0 Å². The lowest BCUT2D eigenvalue weighted by atomic mass is 10.00. The molecule has 1 N–H and O–H groups in total. The van der Waals surface area contributed by atoms with Gasteiger partial charge in [0.2, 0.25) is 5.91 Å². The number of amides is 1.